The molecule has 124 valence electrons. The predicted molar refractivity (Wildman–Crippen MR) is 86.0 cm³/mol. The molecule has 23 heavy (non-hydrogen) atoms. The van der Waals surface area contributed by atoms with E-state index in [0.29, 0.717) is 18.8 Å². The Balaban J connectivity index is 1.68. The standard InChI is InChI=1S/C17H23N3O3/c21-10-6-12-4-8-20(9-5-12)15-11-13(3-7-18-15)14-1-2-16(22)19-17(14)23/h3,7,11-12,14,21H,1-2,4-6,8-10H2,(H,19,22,23). The number of anilines is 1. The molecule has 2 fully saturated rings. The fourth-order valence-electron chi connectivity index (χ4n) is 3.47. The number of imide groups is 1. The van der Waals surface area contributed by atoms with E-state index >= 15 is 0 Å². The van der Waals surface area contributed by atoms with Crippen LogP contribution in [0.2, 0.25) is 0 Å². The van der Waals surface area contributed by atoms with Gasteiger partial charge in [-0.3, -0.25) is 14.9 Å². The van der Waals surface area contributed by atoms with Gasteiger partial charge in [0.15, 0.2) is 0 Å². The van der Waals surface area contributed by atoms with Crippen molar-refractivity contribution in [3.8, 4) is 0 Å². The van der Waals surface area contributed by atoms with Crippen LogP contribution in [0, 0.1) is 5.92 Å². The quantitative estimate of drug-likeness (QED) is 0.816. The first-order valence-corrected chi connectivity index (χ1v) is 8.33. The molecule has 2 saturated heterocycles. The van der Waals surface area contributed by atoms with Gasteiger partial charge >= 0.3 is 0 Å². The molecule has 2 amide bonds. The predicted octanol–water partition coefficient (Wildman–Crippen LogP) is 1.20. The highest BCUT2D eigenvalue weighted by molar-refractivity contribution is 6.00. The third-order valence-electron chi connectivity index (χ3n) is 4.89. The number of pyridine rings is 1. The van der Waals surface area contributed by atoms with E-state index in [1.54, 1.807) is 6.20 Å². The Hall–Kier alpha value is -1.95. The van der Waals surface area contributed by atoms with Crippen molar-refractivity contribution >= 4 is 17.6 Å². The van der Waals surface area contributed by atoms with E-state index in [9.17, 15) is 9.59 Å². The first-order valence-electron chi connectivity index (χ1n) is 8.33. The van der Waals surface area contributed by atoms with Gasteiger partial charge < -0.3 is 10.0 Å². The summed E-state index contributed by atoms with van der Waals surface area (Å²) in [6.07, 6.45) is 5.69. The number of rotatable bonds is 4. The summed E-state index contributed by atoms with van der Waals surface area (Å²) in [6, 6.07) is 3.84. The molecule has 0 aromatic carbocycles. The number of nitrogens with zero attached hydrogens (tertiary/aromatic N) is 2. The number of aliphatic hydroxyl groups is 1. The van der Waals surface area contributed by atoms with Gasteiger partial charge in [0, 0.05) is 32.3 Å². The van der Waals surface area contributed by atoms with Crippen molar-refractivity contribution in [3.05, 3.63) is 23.9 Å². The third kappa shape index (κ3) is 3.69. The summed E-state index contributed by atoms with van der Waals surface area (Å²) in [5.41, 5.74) is 0.928. The topological polar surface area (TPSA) is 82.5 Å². The molecule has 1 unspecified atom stereocenters. The zero-order valence-electron chi connectivity index (χ0n) is 13.2. The Morgan fingerprint density at radius 3 is 2.74 bits per heavy atom. The van der Waals surface area contributed by atoms with E-state index in [-0.39, 0.29) is 24.3 Å². The van der Waals surface area contributed by atoms with Gasteiger partial charge in [-0.2, -0.15) is 0 Å². The molecule has 1 aromatic heterocycles. The zero-order valence-corrected chi connectivity index (χ0v) is 13.2. The van der Waals surface area contributed by atoms with Gasteiger partial charge in [0.05, 0.1) is 5.92 Å². The second kappa shape index (κ2) is 7.08. The van der Waals surface area contributed by atoms with Gasteiger partial charge in [-0.15, -0.1) is 0 Å². The molecule has 6 nitrogen and oxygen atoms in total. The fourth-order valence-corrected chi connectivity index (χ4v) is 3.47. The Labute approximate surface area is 135 Å². The number of hydrogen-bond acceptors (Lipinski definition) is 5. The molecule has 2 aliphatic rings. The van der Waals surface area contributed by atoms with Crippen LogP contribution in [0.1, 0.15) is 43.6 Å². The molecule has 6 heteroatoms. The van der Waals surface area contributed by atoms with Crippen molar-refractivity contribution < 1.29 is 14.7 Å². The van der Waals surface area contributed by atoms with Crippen LogP contribution in [-0.4, -0.2) is 41.6 Å². The Kier molecular flexibility index (Phi) is 4.91. The Bertz CT molecular complexity index is 582. The lowest BCUT2D eigenvalue weighted by Crippen LogP contribution is -2.39. The monoisotopic (exact) mass is 317 g/mol. The summed E-state index contributed by atoms with van der Waals surface area (Å²) in [4.78, 5) is 30.0. The lowest BCUT2D eigenvalue weighted by atomic mass is 9.90. The van der Waals surface area contributed by atoms with Crippen LogP contribution in [0.3, 0.4) is 0 Å². The molecule has 2 aliphatic heterocycles. The van der Waals surface area contributed by atoms with E-state index in [1.165, 1.54) is 0 Å². The number of amides is 2. The molecule has 3 rings (SSSR count). The molecule has 2 N–H and O–H groups in total. The maximum atomic E-state index is 12.0. The summed E-state index contributed by atoms with van der Waals surface area (Å²) in [6.45, 7) is 2.11. The third-order valence-corrected chi connectivity index (χ3v) is 4.89. The number of carbonyl (C=O) groups is 2. The largest absolute Gasteiger partial charge is 0.396 e. The van der Waals surface area contributed by atoms with Crippen LogP contribution >= 0.6 is 0 Å². The molecule has 0 spiro atoms. The minimum Gasteiger partial charge on any atom is -0.396 e. The van der Waals surface area contributed by atoms with Gasteiger partial charge in [-0.1, -0.05) is 0 Å². The average Bonchev–Trinajstić information content (AvgIpc) is 2.56. The highest BCUT2D eigenvalue weighted by Crippen LogP contribution is 2.29. The van der Waals surface area contributed by atoms with Crippen molar-refractivity contribution in [2.24, 2.45) is 5.92 Å². The molecular weight excluding hydrogens is 294 g/mol. The number of aromatic nitrogens is 1. The number of piperidine rings is 2. The number of nitrogens with one attached hydrogen (secondary N) is 1. The van der Waals surface area contributed by atoms with Crippen LogP contribution in [0.25, 0.3) is 0 Å². The average molecular weight is 317 g/mol. The summed E-state index contributed by atoms with van der Waals surface area (Å²) >= 11 is 0. The van der Waals surface area contributed by atoms with Crippen molar-refractivity contribution in [3.63, 3.8) is 0 Å². The van der Waals surface area contributed by atoms with Crippen LogP contribution in [0.15, 0.2) is 18.3 Å². The van der Waals surface area contributed by atoms with Crippen LogP contribution in [0.5, 0.6) is 0 Å². The number of aliphatic hydroxyl groups excluding tert-OH is 1. The summed E-state index contributed by atoms with van der Waals surface area (Å²) in [5, 5.41) is 11.4. The van der Waals surface area contributed by atoms with Gasteiger partial charge in [0.1, 0.15) is 5.82 Å². The van der Waals surface area contributed by atoms with Gasteiger partial charge in [-0.05, 0) is 49.3 Å². The molecule has 0 saturated carbocycles. The molecule has 0 bridgehead atoms. The van der Waals surface area contributed by atoms with Gasteiger partial charge in [-0.25, -0.2) is 4.98 Å². The highest BCUT2D eigenvalue weighted by Gasteiger charge is 2.28. The first-order chi connectivity index (χ1) is 11.2. The second-order valence-electron chi connectivity index (χ2n) is 6.39. The lowest BCUT2D eigenvalue weighted by Gasteiger charge is -2.33. The van der Waals surface area contributed by atoms with E-state index < -0.39 is 0 Å². The van der Waals surface area contributed by atoms with Crippen LogP contribution in [0.4, 0.5) is 5.82 Å². The van der Waals surface area contributed by atoms with Gasteiger partial charge in [0.25, 0.3) is 0 Å². The maximum Gasteiger partial charge on any atom is 0.234 e. The van der Waals surface area contributed by atoms with Gasteiger partial charge in [0.2, 0.25) is 11.8 Å². The van der Waals surface area contributed by atoms with Crippen molar-refractivity contribution in [2.75, 3.05) is 24.6 Å². The summed E-state index contributed by atoms with van der Waals surface area (Å²) in [7, 11) is 0. The minimum atomic E-state index is -0.263. The first kappa shape index (κ1) is 15.9. The Morgan fingerprint density at radius 2 is 2.04 bits per heavy atom. The SMILES string of the molecule is O=C1CCC(c2ccnc(N3CCC(CCO)CC3)c2)C(=O)N1. The highest BCUT2D eigenvalue weighted by atomic mass is 16.3. The molecule has 0 aliphatic carbocycles. The lowest BCUT2D eigenvalue weighted by molar-refractivity contribution is -0.134. The zero-order chi connectivity index (χ0) is 16.2. The molecule has 0 radical (unpaired) electrons. The Morgan fingerprint density at radius 1 is 1.26 bits per heavy atom. The van der Waals surface area contributed by atoms with E-state index in [4.69, 9.17) is 5.11 Å². The second-order valence-corrected chi connectivity index (χ2v) is 6.39. The van der Waals surface area contributed by atoms with Crippen LogP contribution in [-0.2, 0) is 9.59 Å². The molecular formula is C17H23N3O3. The van der Waals surface area contributed by atoms with E-state index in [1.807, 2.05) is 12.1 Å². The van der Waals surface area contributed by atoms with Crippen molar-refractivity contribution in [2.45, 2.75) is 38.0 Å². The molecule has 1 atom stereocenters. The summed E-state index contributed by atoms with van der Waals surface area (Å²) in [5.74, 6) is 0.831. The molecule has 1 aromatic rings. The molecule has 3 heterocycles. The summed E-state index contributed by atoms with van der Waals surface area (Å²) < 4.78 is 0. The normalized spacial score (nSPS) is 23.0. The van der Waals surface area contributed by atoms with Crippen molar-refractivity contribution in [1.29, 1.82) is 0 Å². The number of carbonyl (C=O) groups excluding carboxylic acids is 2. The van der Waals surface area contributed by atoms with Crippen molar-refractivity contribution in [1.82, 2.24) is 10.3 Å². The minimum absolute atomic E-state index is 0.188. The fraction of sp³-hybridized carbons (Fsp3) is 0.588. The van der Waals surface area contributed by atoms with E-state index in [0.717, 1.165) is 43.7 Å². The van der Waals surface area contributed by atoms with E-state index in [2.05, 4.69) is 15.2 Å². The smallest absolute Gasteiger partial charge is 0.234 e. The number of hydrogen-bond donors (Lipinski definition) is 2. The maximum absolute atomic E-state index is 12.0. The van der Waals surface area contributed by atoms with Crippen LogP contribution < -0.4 is 10.2 Å².